The number of aliphatic carboxylic acids is 1. The predicted octanol–water partition coefficient (Wildman–Crippen LogP) is 2.43. The van der Waals surface area contributed by atoms with Crippen molar-refractivity contribution in [2.45, 2.75) is 18.0 Å². The van der Waals surface area contributed by atoms with Crippen LogP contribution in [0.3, 0.4) is 0 Å². The lowest BCUT2D eigenvalue weighted by Gasteiger charge is -2.42. The van der Waals surface area contributed by atoms with Gasteiger partial charge in [0.2, 0.25) is 0 Å². The number of carboxylic acid groups (broad SMARTS) is 1. The average Bonchev–Trinajstić information content (AvgIpc) is 2.27. The Morgan fingerprint density at radius 3 is 1.90 bits per heavy atom. The molecule has 1 aliphatic heterocycles. The Hall–Kier alpha value is -1.70. The minimum absolute atomic E-state index is 0.384. The summed E-state index contributed by atoms with van der Waals surface area (Å²) >= 11 is 0. The third-order valence-electron chi connectivity index (χ3n) is 2.89. The summed E-state index contributed by atoms with van der Waals surface area (Å²) in [4.78, 5) is 8.90. The summed E-state index contributed by atoms with van der Waals surface area (Å²) in [6.07, 6.45) is -7.36. The third-order valence-corrected chi connectivity index (χ3v) is 2.89. The number of carboxylic acids is 1. The number of halogens is 5. The minimum Gasteiger partial charge on any atom is -0.475 e. The second-order valence-electron chi connectivity index (χ2n) is 4.23. The van der Waals surface area contributed by atoms with Crippen molar-refractivity contribution in [2.24, 2.45) is 0 Å². The normalized spacial score (nSPS) is 16.9. The van der Waals surface area contributed by atoms with E-state index in [1.807, 2.05) is 6.07 Å². The first-order valence-corrected chi connectivity index (χ1v) is 5.54. The van der Waals surface area contributed by atoms with Crippen LogP contribution in [-0.2, 0) is 10.2 Å². The first-order chi connectivity index (χ1) is 9.20. The molecule has 0 aliphatic carbocycles. The number of carbonyl (C=O) groups is 1. The van der Waals surface area contributed by atoms with Gasteiger partial charge in [0.25, 0.3) is 6.43 Å². The van der Waals surface area contributed by atoms with Crippen LogP contribution in [0.15, 0.2) is 30.3 Å². The quantitative estimate of drug-likeness (QED) is 0.824. The van der Waals surface area contributed by atoms with Gasteiger partial charge >= 0.3 is 12.1 Å². The van der Waals surface area contributed by atoms with Gasteiger partial charge in [0.15, 0.2) is 0 Å². The molecule has 8 heteroatoms. The largest absolute Gasteiger partial charge is 0.490 e. The van der Waals surface area contributed by atoms with E-state index in [2.05, 4.69) is 5.32 Å². The molecule has 0 radical (unpaired) electrons. The Labute approximate surface area is 111 Å². The number of rotatable bonds is 2. The summed E-state index contributed by atoms with van der Waals surface area (Å²) < 4.78 is 57.3. The van der Waals surface area contributed by atoms with Gasteiger partial charge in [-0.3, -0.25) is 0 Å². The van der Waals surface area contributed by atoms with Crippen LogP contribution >= 0.6 is 0 Å². The first kappa shape index (κ1) is 16.4. The zero-order valence-corrected chi connectivity index (χ0v) is 10.1. The van der Waals surface area contributed by atoms with Gasteiger partial charge in [-0.1, -0.05) is 30.3 Å². The smallest absolute Gasteiger partial charge is 0.475 e. The fraction of sp³-hybridized carbons (Fsp3) is 0.417. The van der Waals surface area contributed by atoms with E-state index in [0.29, 0.717) is 13.1 Å². The fourth-order valence-corrected chi connectivity index (χ4v) is 1.65. The van der Waals surface area contributed by atoms with Crippen molar-refractivity contribution in [1.82, 2.24) is 5.32 Å². The second kappa shape index (κ2) is 6.17. The summed E-state index contributed by atoms with van der Waals surface area (Å²) in [5.41, 5.74) is -0.190. The van der Waals surface area contributed by atoms with Crippen molar-refractivity contribution >= 4 is 5.97 Å². The van der Waals surface area contributed by atoms with E-state index >= 15 is 0 Å². The molecule has 0 bridgehead atoms. The molecule has 1 fully saturated rings. The van der Waals surface area contributed by atoms with Crippen LogP contribution in [0.1, 0.15) is 5.56 Å². The molecule has 20 heavy (non-hydrogen) atoms. The van der Waals surface area contributed by atoms with Crippen LogP contribution in [0, 0.1) is 0 Å². The van der Waals surface area contributed by atoms with Gasteiger partial charge < -0.3 is 10.4 Å². The molecule has 0 unspecified atom stereocenters. The lowest BCUT2D eigenvalue weighted by atomic mass is 9.75. The Morgan fingerprint density at radius 1 is 1.20 bits per heavy atom. The van der Waals surface area contributed by atoms with E-state index in [1.54, 1.807) is 24.3 Å². The van der Waals surface area contributed by atoms with Gasteiger partial charge in [-0.15, -0.1) is 0 Å². The highest BCUT2D eigenvalue weighted by molar-refractivity contribution is 5.73. The van der Waals surface area contributed by atoms with Crippen molar-refractivity contribution < 1.29 is 31.9 Å². The van der Waals surface area contributed by atoms with Crippen molar-refractivity contribution in [3.63, 3.8) is 0 Å². The standard InChI is InChI=1S/C10H11F2N.C2HF3O2/c11-9(12)10(6-13-7-10)8-4-2-1-3-5-8;3-2(4,5)1(6)7/h1-5,9,13H,6-7H2;(H,6,7). The highest BCUT2D eigenvalue weighted by Crippen LogP contribution is 2.34. The molecule has 2 rings (SSSR count). The fourth-order valence-electron chi connectivity index (χ4n) is 1.65. The number of alkyl halides is 5. The van der Waals surface area contributed by atoms with E-state index in [9.17, 15) is 22.0 Å². The molecule has 1 aromatic rings. The van der Waals surface area contributed by atoms with Crippen LogP contribution in [-0.4, -0.2) is 36.8 Å². The minimum atomic E-state index is -5.08. The highest BCUT2D eigenvalue weighted by atomic mass is 19.4. The van der Waals surface area contributed by atoms with Crippen LogP contribution < -0.4 is 5.32 Å². The van der Waals surface area contributed by atoms with Crippen LogP contribution in [0.2, 0.25) is 0 Å². The zero-order valence-electron chi connectivity index (χ0n) is 10.1. The molecule has 3 nitrogen and oxygen atoms in total. The molecule has 1 heterocycles. The molecule has 0 saturated carbocycles. The van der Waals surface area contributed by atoms with Crippen LogP contribution in [0.4, 0.5) is 22.0 Å². The van der Waals surface area contributed by atoms with E-state index in [0.717, 1.165) is 5.56 Å². The summed E-state index contributed by atoms with van der Waals surface area (Å²) in [6, 6.07) is 8.99. The zero-order chi connectivity index (χ0) is 15.4. The predicted molar refractivity (Wildman–Crippen MR) is 60.7 cm³/mol. The van der Waals surface area contributed by atoms with Gasteiger partial charge in [0, 0.05) is 13.1 Å². The summed E-state index contributed by atoms with van der Waals surface area (Å²) in [6.45, 7) is 0.767. The maximum Gasteiger partial charge on any atom is 0.490 e. The van der Waals surface area contributed by atoms with Crippen LogP contribution in [0.25, 0.3) is 0 Å². The Balaban J connectivity index is 0.000000246. The number of hydrogen-bond donors (Lipinski definition) is 2. The third kappa shape index (κ3) is 3.66. The van der Waals surface area contributed by atoms with Crippen LogP contribution in [0.5, 0.6) is 0 Å². The number of hydrogen-bond acceptors (Lipinski definition) is 2. The maximum absolute atomic E-state index is 12.8. The molecule has 0 atom stereocenters. The van der Waals surface area contributed by atoms with Gasteiger partial charge in [0.1, 0.15) is 0 Å². The molecule has 112 valence electrons. The summed E-state index contributed by atoms with van der Waals surface area (Å²) in [5.74, 6) is -2.76. The average molecular weight is 297 g/mol. The van der Waals surface area contributed by atoms with Crippen molar-refractivity contribution in [3.8, 4) is 0 Å². The van der Waals surface area contributed by atoms with Gasteiger partial charge in [-0.2, -0.15) is 13.2 Å². The Bertz CT molecular complexity index is 443. The molecule has 1 aromatic carbocycles. The topological polar surface area (TPSA) is 49.3 Å². The van der Waals surface area contributed by atoms with E-state index in [-0.39, 0.29) is 0 Å². The lowest BCUT2D eigenvalue weighted by Crippen LogP contribution is -2.61. The Kier molecular flexibility index (Phi) is 5.04. The van der Waals surface area contributed by atoms with E-state index in [4.69, 9.17) is 9.90 Å². The second-order valence-corrected chi connectivity index (χ2v) is 4.23. The molecule has 1 saturated heterocycles. The van der Waals surface area contributed by atoms with Gasteiger partial charge in [-0.25, -0.2) is 13.6 Å². The van der Waals surface area contributed by atoms with E-state index in [1.165, 1.54) is 0 Å². The molecular formula is C12H12F5NO2. The molecular weight excluding hydrogens is 285 g/mol. The first-order valence-electron chi connectivity index (χ1n) is 5.54. The highest BCUT2D eigenvalue weighted by Gasteiger charge is 2.46. The number of nitrogens with one attached hydrogen (secondary N) is 1. The SMILES string of the molecule is FC(F)C1(c2ccccc2)CNC1.O=C(O)C(F)(F)F. The molecule has 0 spiro atoms. The molecule has 1 aliphatic rings. The summed E-state index contributed by atoms with van der Waals surface area (Å²) in [5, 5.41) is 10.0. The molecule has 0 amide bonds. The summed E-state index contributed by atoms with van der Waals surface area (Å²) in [7, 11) is 0. The van der Waals surface area contributed by atoms with Crippen molar-refractivity contribution in [1.29, 1.82) is 0 Å². The number of benzene rings is 1. The van der Waals surface area contributed by atoms with E-state index < -0.39 is 24.0 Å². The monoisotopic (exact) mass is 297 g/mol. The molecule has 0 aromatic heterocycles. The van der Waals surface area contributed by atoms with Crippen molar-refractivity contribution in [3.05, 3.63) is 35.9 Å². The molecule has 2 N–H and O–H groups in total. The lowest BCUT2D eigenvalue weighted by molar-refractivity contribution is -0.192. The maximum atomic E-state index is 12.8. The van der Waals surface area contributed by atoms with Gasteiger partial charge in [-0.05, 0) is 5.56 Å². The Morgan fingerprint density at radius 2 is 1.65 bits per heavy atom. The van der Waals surface area contributed by atoms with Crippen molar-refractivity contribution in [2.75, 3.05) is 13.1 Å². The van der Waals surface area contributed by atoms with Gasteiger partial charge in [0.05, 0.1) is 5.41 Å².